The molecule has 1 aliphatic carbocycles. The SMILES string of the molecule is N#CCC(=O)NC1[C@H]2COC[C@@H]12. The molecule has 4 nitrogen and oxygen atoms in total. The van der Waals surface area contributed by atoms with Crippen molar-refractivity contribution < 1.29 is 9.53 Å². The highest BCUT2D eigenvalue weighted by molar-refractivity contribution is 5.78. The van der Waals surface area contributed by atoms with E-state index in [2.05, 4.69) is 5.32 Å². The number of nitrogens with one attached hydrogen (secondary N) is 1. The van der Waals surface area contributed by atoms with Crippen LogP contribution >= 0.6 is 0 Å². The molecule has 2 fully saturated rings. The number of carbonyl (C=O) groups excluding carboxylic acids is 1. The number of amides is 1. The Labute approximate surface area is 70.5 Å². The van der Waals surface area contributed by atoms with Gasteiger partial charge >= 0.3 is 0 Å². The summed E-state index contributed by atoms with van der Waals surface area (Å²) < 4.78 is 5.16. The molecule has 1 saturated carbocycles. The number of nitriles is 1. The molecule has 1 saturated heterocycles. The van der Waals surface area contributed by atoms with E-state index in [4.69, 9.17) is 10.00 Å². The van der Waals surface area contributed by atoms with Gasteiger partial charge in [0.05, 0.1) is 19.3 Å². The van der Waals surface area contributed by atoms with Crippen LogP contribution in [0, 0.1) is 23.2 Å². The second kappa shape index (κ2) is 2.76. The fourth-order valence-corrected chi connectivity index (χ4v) is 1.76. The van der Waals surface area contributed by atoms with Crippen molar-refractivity contribution in [3.05, 3.63) is 0 Å². The molecule has 1 heterocycles. The van der Waals surface area contributed by atoms with Gasteiger partial charge in [-0.2, -0.15) is 5.26 Å². The van der Waals surface area contributed by atoms with Crippen molar-refractivity contribution >= 4 is 5.91 Å². The standard InChI is InChI=1S/C8H10N2O2/c9-2-1-7(11)10-8-5-3-12-4-6(5)8/h5-6,8H,1,3-4H2,(H,10,11)/t5-,6+,8?. The van der Waals surface area contributed by atoms with Gasteiger partial charge in [-0.3, -0.25) is 4.79 Å². The Bertz CT molecular complexity index is 236. The van der Waals surface area contributed by atoms with Crippen LogP contribution in [0.2, 0.25) is 0 Å². The maximum Gasteiger partial charge on any atom is 0.234 e. The van der Waals surface area contributed by atoms with E-state index < -0.39 is 0 Å². The maximum atomic E-state index is 11.0. The third-order valence-electron chi connectivity index (χ3n) is 2.52. The third-order valence-corrected chi connectivity index (χ3v) is 2.52. The molecule has 2 rings (SSSR count). The van der Waals surface area contributed by atoms with Gasteiger partial charge in [0.1, 0.15) is 6.42 Å². The van der Waals surface area contributed by atoms with E-state index in [0.717, 1.165) is 13.2 Å². The molecule has 64 valence electrons. The predicted octanol–water partition coefficient (Wildman–Crippen LogP) is -0.339. The lowest BCUT2D eigenvalue weighted by molar-refractivity contribution is -0.120. The lowest BCUT2D eigenvalue weighted by Gasteiger charge is -2.04. The van der Waals surface area contributed by atoms with Gasteiger partial charge in [-0.15, -0.1) is 0 Å². The van der Waals surface area contributed by atoms with E-state index in [9.17, 15) is 4.79 Å². The average molecular weight is 166 g/mol. The van der Waals surface area contributed by atoms with Gasteiger partial charge in [-0.25, -0.2) is 0 Å². The van der Waals surface area contributed by atoms with Crippen molar-refractivity contribution in [2.24, 2.45) is 11.8 Å². The summed E-state index contributed by atoms with van der Waals surface area (Å²) in [7, 11) is 0. The van der Waals surface area contributed by atoms with Crippen molar-refractivity contribution in [1.82, 2.24) is 5.32 Å². The number of ether oxygens (including phenoxy) is 1. The summed E-state index contributed by atoms with van der Waals surface area (Å²) >= 11 is 0. The second-order valence-electron chi connectivity index (χ2n) is 3.29. The minimum atomic E-state index is -0.156. The summed E-state index contributed by atoms with van der Waals surface area (Å²) in [6.45, 7) is 1.53. The molecular weight excluding hydrogens is 156 g/mol. The topological polar surface area (TPSA) is 62.1 Å². The largest absolute Gasteiger partial charge is 0.381 e. The highest BCUT2D eigenvalue weighted by Crippen LogP contribution is 2.43. The first-order chi connectivity index (χ1) is 5.83. The smallest absolute Gasteiger partial charge is 0.234 e. The molecule has 0 aromatic carbocycles. The Hall–Kier alpha value is -1.08. The summed E-state index contributed by atoms with van der Waals surface area (Å²) in [5.41, 5.74) is 0. The molecule has 4 heteroatoms. The van der Waals surface area contributed by atoms with Gasteiger partial charge < -0.3 is 10.1 Å². The molecule has 0 aromatic rings. The summed E-state index contributed by atoms with van der Waals surface area (Å²) in [5.74, 6) is 0.886. The first kappa shape index (κ1) is 7.56. The number of fused-ring (bicyclic) bond motifs is 1. The first-order valence-electron chi connectivity index (χ1n) is 4.07. The summed E-state index contributed by atoms with van der Waals surface area (Å²) in [6.07, 6.45) is -0.0310. The van der Waals surface area contributed by atoms with Gasteiger partial charge in [-0.05, 0) is 0 Å². The quantitative estimate of drug-likeness (QED) is 0.610. The van der Waals surface area contributed by atoms with Crippen molar-refractivity contribution in [3.63, 3.8) is 0 Å². The molecule has 2 aliphatic rings. The number of rotatable bonds is 2. The third kappa shape index (κ3) is 1.16. The Balaban J connectivity index is 1.76. The van der Waals surface area contributed by atoms with Gasteiger partial charge in [-0.1, -0.05) is 0 Å². The minimum Gasteiger partial charge on any atom is -0.381 e. The molecule has 1 unspecified atom stereocenters. The first-order valence-corrected chi connectivity index (χ1v) is 4.07. The molecule has 1 aliphatic heterocycles. The molecule has 0 bridgehead atoms. The van der Waals surface area contributed by atoms with Crippen LogP contribution in [0.3, 0.4) is 0 Å². The van der Waals surface area contributed by atoms with Crippen molar-refractivity contribution in [3.8, 4) is 6.07 Å². The van der Waals surface area contributed by atoms with Crippen LogP contribution in [0.4, 0.5) is 0 Å². The lowest BCUT2D eigenvalue weighted by atomic mass is 10.4. The van der Waals surface area contributed by atoms with Gasteiger partial charge in [0.15, 0.2) is 0 Å². The van der Waals surface area contributed by atoms with Crippen LogP contribution < -0.4 is 5.32 Å². The highest BCUT2D eigenvalue weighted by atomic mass is 16.5. The van der Waals surface area contributed by atoms with E-state index >= 15 is 0 Å². The van der Waals surface area contributed by atoms with Gasteiger partial charge in [0.2, 0.25) is 5.91 Å². The van der Waals surface area contributed by atoms with E-state index in [1.54, 1.807) is 0 Å². The summed E-state index contributed by atoms with van der Waals surface area (Å²) in [6, 6.07) is 2.11. The molecule has 1 N–H and O–H groups in total. The Morgan fingerprint density at radius 3 is 2.83 bits per heavy atom. The molecule has 0 radical (unpaired) electrons. The fourth-order valence-electron chi connectivity index (χ4n) is 1.76. The predicted molar refractivity (Wildman–Crippen MR) is 40.0 cm³/mol. The second-order valence-corrected chi connectivity index (χ2v) is 3.29. The van der Waals surface area contributed by atoms with Crippen LogP contribution in [-0.2, 0) is 9.53 Å². The van der Waals surface area contributed by atoms with Crippen LogP contribution in [0.5, 0.6) is 0 Å². The molecule has 1 amide bonds. The van der Waals surface area contributed by atoms with Gasteiger partial charge in [0.25, 0.3) is 0 Å². The molecule has 3 atom stereocenters. The monoisotopic (exact) mass is 166 g/mol. The normalized spacial score (nSPS) is 36.8. The lowest BCUT2D eigenvalue weighted by Crippen LogP contribution is -2.29. The Kier molecular flexibility index (Phi) is 1.74. The van der Waals surface area contributed by atoms with Crippen molar-refractivity contribution in [2.45, 2.75) is 12.5 Å². The average Bonchev–Trinajstić information content (AvgIpc) is 2.51. The molecule has 0 spiro atoms. The zero-order valence-electron chi connectivity index (χ0n) is 6.62. The number of hydrogen-bond acceptors (Lipinski definition) is 3. The van der Waals surface area contributed by atoms with E-state index in [1.807, 2.05) is 6.07 Å². The maximum absolute atomic E-state index is 11.0. The van der Waals surface area contributed by atoms with Crippen molar-refractivity contribution in [2.75, 3.05) is 13.2 Å². The Morgan fingerprint density at radius 1 is 1.58 bits per heavy atom. The molecular formula is C8H10N2O2. The fraction of sp³-hybridized carbons (Fsp3) is 0.750. The van der Waals surface area contributed by atoms with E-state index in [1.165, 1.54) is 0 Å². The summed E-state index contributed by atoms with van der Waals surface area (Å²) in [4.78, 5) is 11.0. The summed E-state index contributed by atoms with van der Waals surface area (Å²) in [5, 5.41) is 11.1. The van der Waals surface area contributed by atoms with Crippen LogP contribution in [-0.4, -0.2) is 25.2 Å². The van der Waals surface area contributed by atoms with Gasteiger partial charge in [0, 0.05) is 17.9 Å². The number of hydrogen-bond donors (Lipinski definition) is 1. The van der Waals surface area contributed by atoms with E-state index in [-0.39, 0.29) is 12.3 Å². The van der Waals surface area contributed by atoms with Crippen LogP contribution in [0.25, 0.3) is 0 Å². The van der Waals surface area contributed by atoms with E-state index in [0.29, 0.717) is 17.9 Å². The Morgan fingerprint density at radius 2 is 2.25 bits per heavy atom. The minimum absolute atomic E-state index is 0.0310. The zero-order valence-corrected chi connectivity index (χ0v) is 6.62. The highest BCUT2D eigenvalue weighted by Gasteiger charge is 2.54. The molecule has 0 aromatic heterocycles. The molecule has 12 heavy (non-hydrogen) atoms. The van der Waals surface area contributed by atoms with Crippen LogP contribution in [0.15, 0.2) is 0 Å². The van der Waals surface area contributed by atoms with Crippen molar-refractivity contribution in [1.29, 1.82) is 5.26 Å². The number of nitrogens with zero attached hydrogens (tertiary/aromatic N) is 1. The number of carbonyl (C=O) groups is 1. The zero-order chi connectivity index (χ0) is 8.55. The van der Waals surface area contributed by atoms with Crippen LogP contribution in [0.1, 0.15) is 6.42 Å².